The lowest BCUT2D eigenvalue weighted by atomic mass is 9.65. The molecular formula is C21H27NO3. The van der Waals surface area contributed by atoms with Gasteiger partial charge in [-0.15, -0.1) is 0 Å². The van der Waals surface area contributed by atoms with Crippen molar-refractivity contribution in [2.75, 3.05) is 0 Å². The highest BCUT2D eigenvalue weighted by atomic mass is 16.6. The van der Waals surface area contributed by atoms with E-state index in [2.05, 4.69) is 41.5 Å². The number of nitro groups is 1. The summed E-state index contributed by atoms with van der Waals surface area (Å²) in [5.74, 6) is 0.0151. The summed E-state index contributed by atoms with van der Waals surface area (Å²) in [4.78, 5) is 23.6. The molecule has 0 fully saturated rings. The minimum Gasteiger partial charge on any atom is -0.294 e. The summed E-state index contributed by atoms with van der Waals surface area (Å²) in [6, 6.07) is 6.47. The second kappa shape index (κ2) is 6.58. The molecule has 0 bridgehead atoms. The number of carbonyl (C=O) groups excluding carboxylic acids is 1. The third-order valence-electron chi connectivity index (χ3n) is 4.57. The minimum absolute atomic E-state index is 0.0733. The summed E-state index contributed by atoms with van der Waals surface area (Å²) in [7, 11) is 0. The summed E-state index contributed by atoms with van der Waals surface area (Å²) in [5.41, 5.74) is 2.57. The van der Waals surface area contributed by atoms with Crippen molar-refractivity contribution in [3.63, 3.8) is 0 Å². The molecule has 1 unspecified atom stereocenters. The first-order valence-electron chi connectivity index (χ1n) is 8.61. The molecule has 0 saturated carbocycles. The number of rotatable bonds is 2. The topological polar surface area (TPSA) is 60.2 Å². The molecule has 0 spiro atoms. The van der Waals surface area contributed by atoms with E-state index in [0.717, 1.165) is 23.1 Å². The van der Waals surface area contributed by atoms with Crippen LogP contribution in [0.2, 0.25) is 0 Å². The number of ketones is 1. The predicted molar refractivity (Wildman–Crippen MR) is 101 cm³/mol. The third-order valence-corrected chi connectivity index (χ3v) is 4.57. The van der Waals surface area contributed by atoms with Crippen LogP contribution in [0.15, 0.2) is 41.5 Å². The Hall–Kier alpha value is -2.23. The Morgan fingerprint density at radius 1 is 1.08 bits per heavy atom. The lowest BCUT2D eigenvalue weighted by Crippen LogP contribution is -2.36. The van der Waals surface area contributed by atoms with Crippen LogP contribution in [0.1, 0.15) is 53.5 Å². The quantitative estimate of drug-likeness (QED) is 0.520. The minimum atomic E-state index is -0.405. The molecule has 1 atom stereocenters. The van der Waals surface area contributed by atoms with Gasteiger partial charge in [0.05, 0.1) is 4.92 Å². The number of Topliss-reactive ketones (excluding diaryl/α,β-unsaturated/α-hetero) is 1. The summed E-state index contributed by atoms with van der Waals surface area (Å²) in [5, 5.41) is 10.8. The molecule has 4 nitrogen and oxygen atoms in total. The predicted octanol–water partition coefficient (Wildman–Crippen LogP) is 5.59. The van der Waals surface area contributed by atoms with Gasteiger partial charge >= 0.3 is 0 Å². The van der Waals surface area contributed by atoms with E-state index in [4.69, 9.17) is 0 Å². The smallest absolute Gasteiger partial charge is 0.269 e. The van der Waals surface area contributed by atoms with Crippen LogP contribution in [0.25, 0.3) is 6.08 Å². The Labute approximate surface area is 149 Å². The van der Waals surface area contributed by atoms with Gasteiger partial charge in [0, 0.05) is 18.1 Å². The fraction of sp³-hybridized carbons (Fsp3) is 0.476. The highest BCUT2D eigenvalue weighted by molar-refractivity contribution is 6.02. The maximum absolute atomic E-state index is 13.2. The van der Waals surface area contributed by atoms with Gasteiger partial charge in [-0.25, -0.2) is 0 Å². The molecule has 134 valence electrons. The van der Waals surface area contributed by atoms with E-state index < -0.39 is 4.92 Å². The molecule has 0 saturated heterocycles. The summed E-state index contributed by atoms with van der Waals surface area (Å²) < 4.78 is 0. The first-order valence-corrected chi connectivity index (χ1v) is 8.61. The van der Waals surface area contributed by atoms with Crippen molar-refractivity contribution >= 4 is 17.5 Å². The number of hydrogen-bond donors (Lipinski definition) is 0. The summed E-state index contributed by atoms with van der Waals surface area (Å²) >= 11 is 0. The van der Waals surface area contributed by atoms with E-state index >= 15 is 0 Å². The molecule has 4 heteroatoms. The van der Waals surface area contributed by atoms with Crippen molar-refractivity contribution in [3.8, 4) is 0 Å². The molecule has 1 aliphatic carbocycles. The zero-order valence-corrected chi connectivity index (χ0v) is 15.9. The van der Waals surface area contributed by atoms with E-state index in [1.54, 1.807) is 12.1 Å². The molecule has 0 radical (unpaired) electrons. The lowest BCUT2D eigenvalue weighted by molar-refractivity contribution is -0.384. The van der Waals surface area contributed by atoms with Crippen LogP contribution in [0, 0.1) is 26.9 Å². The first-order chi connectivity index (χ1) is 11.4. The van der Waals surface area contributed by atoms with Crippen LogP contribution in [0.3, 0.4) is 0 Å². The number of non-ortho nitro benzene ring substituents is 1. The Bertz CT molecular complexity index is 741. The number of nitrogens with zero attached hydrogens (tertiary/aromatic N) is 1. The average Bonchev–Trinajstić information content (AvgIpc) is 2.45. The molecule has 1 aromatic carbocycles. The zero-order valence-electron chi connectivity index (χ0n) is 15.9. The molecule has 2 rings (SSSR count). The third kappa shape index (κ3) is 4.25. The fourth-order valence-corrected chi connectivity index (χ4v) is 3.44. The molecule has 1 aromatic rings. The zero-order chi connectivity index (χ0) is 19.0. The van der Waals surface area contributed by atoms with E-state index in [-0.39, 0.29) is 28.2 Å². The van der Waals surface area contributed by atoms with Crippen molar-refractivity contribution in [1.29, 1.82) is 0 Å². The number of nitro benzene ring substituents is 1. The van der Waals surface area contributed by atoms with Gasteiger partial charge in [0.1, 0.15) is 0 Å². The van der Waals surface area contributed by atoms with Crippen LogP contribution in [-0.4, -0.2) is 10.7 Å². The second-order valence-corrected chi connectivity index (χ2v) is 8.80. The van der Waals surface area contributed by atoms with Gasteiger partial charge in [-0.1, -0.05) is 59.3 Å². The number of hydrogen-bond acceptors (Lipinski definition) is 3. The van der Waals surface area contributed by atoms with Crippen LogP contribution in [0.4, 0.5) is 5.69 Å². The van der Waals surface area contributed by atoms with Crippen LogP contribution < -0.4 is 0 Å². The molecule has 0 aliphatic heterocycles. The number of carbonyl (C=O) groups is 1. The van der Waals surface area contributed by atoms with Crippen molar-refractivity contribution < 1.29 is 9.72 Å². The van der Waals surface area contributed by atoms with Gasteiger partial charge in [0.15, 0.2) is 5.78 Å². The van der Waals surface area contributed by atoms with Crippen LogP contribution in [0.5, 0.6) is 0 Å². The Morgan fingerprint density at radius 3 is 2.08 bits per heavy atom. The summed E-state index contributed by atoms with van der Waals surface area (Å²) in [6.45, 7) is 12.5. The van der Waals surface area contributed by atoms with E-state index in [1.165, 1.54) is 12.1 Å². The highest BCUT2D eigenvalue weighted by Crippen LogP contribution is 2.44. The molecule has 0 amide bonds. The van der Waals surface area contributed by atoms with Gasteiger partial charge in [-0.3, -0.25) is 14.9 Å². The van der Waals surface area contributed by atoms with Crippen molar-refractivity contribution in [1.82, 2.24) is 0 Å². The Balaban J connectivity index is 2.46. The molecule has 25 heavy (non-hydrogen) atoms. The van der Waals surface area contributed by atoms with Gasteiger partial charge < -0.3 is 0 Å². The number of benzene rings is 1. The summed E-state index contributed by atoms with van der Waals surface area (Å²) in [6.07, 6.45) is 4.78. The Kier molecular flexibility index (Phi) is 5.03. The van der Waals surface area contributed by atoms with E-state index in [9.17, 15) is 14.9 Å². The molecule has 0 heterocycles. The number of allylic oxidation sites excluding steroid dienone is 3. The average molecular weight is 341 g/mol. The second-order valence-electron chi connectivity index (χ2n) is 8.80. The lowest BCUT2D eigenvalue weighted by Gasteiger charge is -2.38. The molecule has 0 N–H and O–H groups in total. The largest absolute Gasteiger partial charge is 0.294 e. The van der Waals surface area contributed by atoms with E-state index in [0.29, 0.717) is 0 Å². The van der Waals surface area contributed by atoms with Gasteiger partial charge in [0.25, 0.3) is 5.69 Å². The van der Waals surface area contributed by atoms with Crippen molar-refractivity contribution in [2.24, 2.45) is 16.7 Å². The molecule has 0 aromatic heterocycles. The maximum Gasteiger partial charge on any atom is 0.269 e. The first kappa shape index (κ1) is 19.1. The van der Waals surface area contributed by atoms with Crippen molar-refractivity contribution in [3.05, 3.63) is 57.2 Å². The Morgan fingerprint density at radius 2 is 1.64 bits per heavy atom. The van der Waals surface area contributed by atoms with Gasteiger partial charge in [-0.2, -0.15) is 0 Å². The normalized spacial score (nSPS) is 20.6. The van der Waals surface area contributed by atoms with Crippen LogP contribution in [-0.2, 0) is 4.79 Å². The molecule has 1 aliphatic rings. The SMILES string of the molecule is CC(C)(C)C1=CCC(=Cc2ccc([N+](=O)[O-])cc2)C(C(C)(C)C)C1=O. The standard InChI is InChI=1S/C21H27NO3/c1-20(2,3)17-12-9-15(18(19(17)23)21(4,5)6)13-14-7-10-16(11-8-14)22(24)25/h7-8,10-13,18H,9H2,1-6H3. The van der Waals surface area contributed by atoms with Crippen molar-refractivity contribution in [2.45, 2.75) is 48.0 Å². The van der Waals surface area contributed by atoms with Crippen LogP contribution >= 0.6 is 0 Å². The van der Waals surface area contributed by atoms with Gasteiger partial charge in [0.2, 0.25) is 0 Å². The fourth-order valence-electron chi connectivity index (χ4n) is 3.44. The molecular weight excluding hydrogens is 314 g/mol. The maximum atomic E-state index is 13.2. The van der Waals surface area contributed by atoms with E-state index in [1.807, 2.05) is 12.2 Å². The highest BCUT2D eigenvalue weighted by Gasteiger charge is 2.40. The van der Waals surface area contributed by atoms with Gasteiger partial charge in [-0.05, 0) is 40.5 Å². The monoisotopic (exact) mass is 341 g/mol.